The zero-order chi connectivity index (χ0) is 9.54. The van der Waals surface area contributed by atoms with Gasteiger partial charge in [0.2, 0.25) is 5.69 Å². The zero-order valence-corrected chi connectivity index (χ0v) is 9.70. The van der Waals surface area contributed by atoms with Gasteiger partial charge in [-0.15, -0.1) is 0 Å². The van der Waals surface area contributed by atoms with Gasteiger partial charge in [0.25, 0.3) is 4.38 Å². The molecular formula is C11H12NS2+. The molecule has 0 aliphatic carbocycles. The van der Waals surface area contributed by atoms with Crippen molar-refractivity contribution in [3.8, 4) is 0 Å². The van der Waals surface area contributed by atoms with Crippen molar-refractivity contribution in [3.05, 3.63) is 29.8 Å². The van der Waals surface area contributed by atoms with Gasteiger partial charge in [0.05, 0.1) is 5.75 Å². The summed E-state index contributed by atoms with van der Waals surface area (Å²) in [6, 6.07) is 9.52. The molecule has 0 saturated heterocycles. The summed E-state index contributed by atoms with van der Waals surface area (Å²) in [5.74, 6) is 1.25. The highest BCUT2D eigenvalue weighted by Crippen LogP contribution is 2.39. The number of hydrogen-bond acceptors (Lipinski definition) is 2. The Morgan fingerprint density at radius 3 is 3.14 bits per heavy atom. The summed E-state index contributed by atoms with van der Waals surface area (Å²) in [5, 5.41) is 0. The van der Waals surface area contributed by atoms with Crippen molar-refractivity contribution in [3.63, 3.8) is 0 Å². The van der Waals surface area contributed by atoms with Crippen LogP contribution in [0.15, 0.2) is 24.3 Å². The van der Waals surface area contributed by atoms with Gasteiger partial charge in [-0.05, 0) is 18.0 Å². The third-order valence-corrected chi connectivity index (χ3v) is 5.24. The van der Waals surface area contributed by atoms with Crippen molar-refractivity contribution >= 4 is 33.6 Å². The summed E-state index contributed by atoms with van der Waals surface area (Å²) < 4.78 is 3.99. The van der Waals surface area contributed by atoms with Crippen LogP contribution in [0.2, 0.25) is 0 Å². The van der Waals surface area contributed by atoms with Crippen molar-refractivity contribution in [1.29, 1.82) is 0 Å². The lowest BCUT2D eigenvalue weighted by molar-refractivity contribution is -0.458. The minimum Gasteiger partial charge on any atom is -0.177 e. The van der Waals surface area contributed by atoms with Crippen LogP contribution in [0, 0.1) is 0 Å². The number of para-hydroxylation sites is 1. The molecule has 2 aliphatic rings. The quantitative estimate of drug-likeness (QED) is 0.621. The Labute approximate surface area is 92.6 Å². The molecule has 0 spiro atoms. The van der Waals surface area contributed by atoms with Gasteiger partial charge in [0.15, 0.2) is 6.04 Å². The highest BCUT2D eigenvalue weighted by molar-refractivity contribution is 8.38. The van der Waals surface area contributed by atoms with Gasteiger partial charge in [0.1, 0.15) is 0 Å². The fourth-order valence-electron chi connectivity index (χ4n) is 2.24. The molecule has 1 unspecified atom stereocenters. The molecule has 0 bridgehead atoms. The lowest BCUT2D eigenvalue weighted by Crippen LogP contribution is -2.16. The maximum atomic E-state index is 2.52. The molecule has 3 heteroatoms. The van der Waals surface area contributed by atoms with Gasteiger partial charge >= 0.3 is 0 Å². The summed E-state index contributed by atoms with van der Waals surface area (Å²) in [6.45, 7) is 0. The topological polar surface area (TPSA) is 3.01 Å². The van der Waals surface area contributed by atoms with Crippen LogP contribution in [0.1, 0.15) is 5.56 Å². The first-order valence-electron chi connectivity index (χ1n) is 4.81. The van der Waals surface area contributed by atoms with E-state index in [-0.39, 0.29) is 0 Å². The first-order chi connectivity index (χ1) is 6.90. The van der Waals surface area contributed by atoms with E-state index in [1.54, 1.807) is 0 Å². The number of thioether (sulfide) groups is 2. The van der Waals surface area contributed by atoms with E-state index < -0.39 is 0 Å². The van der Waals surface area contributed by atoms with E-state index in [2.05, 4.69) is 35.1 Å². The van der Waals surface area contributed by atoms with Gasteiger partial charge < -0.3 is 0 Å². The molecule has 2 heterocycles. The molecule has 1 nitrogen and oxygen atoms in total. The monoisotopic (exact) mass is 222 g/mol. The van der Waals surface area contributed by atoms with E-state index in [1.165, 1.54) is 27.8 Å². The van der Waals surface area contributed by atoms with Gasteiger partial charge in [0, 0.05) is 18.1 Å². The minimum atomic E-state index is 0.722. The molecule has 3 rings (SSSR count). The molecule has 14 heavy (non-hydrogen) atoms. The molecule has 1 atom stereocenters. The predicted octanol–water partition coefficient (Wildman–Crippen LogP) is 2.72. The molecule has 2 aliphatic heterocycles. The average molecular weight is 222 g/mol. The van der Waals surface area contributed by atoms with E-state index in [0.717, 1.165) is 6.04 Å². The minimum absolute atomic E-state index is 0.722. The van der Waals surface area contributed by atoms with E-state index in [0.29, 0.717) is 0 Å². The summed E-state index contributed by atoms with van der Waals surface area (Å²) in [5.41, 5.74) is 2.95. The molecule has 0 N–H and O–H groups in total. The molecule has 0 aromatic heterocycles. The second-order valence-electron chi connectivity index (χ2n) is 3.64. The fraction of sp³-hybridized carbons (Fsp3) is 0.364. The van der Waals surface area contributed by atoms with Crippen LogP contribution in [0.3, 0.4) is 0 Å². The average Bonchev–Trinajstić information content (AvgIpc) is 2.75. The Morgan fingerprint density at radius 2 is 2.29 bits per heavy atom. The molecule has 1 aromatic rings. The first-order valence-corrected chi connectivity index (χ1v) is 7.02. The second kappa shape index (κ2) is 3.31. The van der Waals surface area contributed by atoms with Crippen molar-refractivity contribution in [2.24, 2.45) is 0 Å². The smallest absolute Gasteiger partial charge is 0.177 e. The van der Waals surface area contributed by atoms with Crippen LogP contribution in [-0.2, 0) is 6.42 Å². The first kappa shape index (κ1) is 8.86. The number of fused-ring (bicyclic) bond motifs is 3. The summed E-state index contributed by atoms with van der Waals surface area (Å²) >= 11 is 3.88. The predicted molar refractivity (Wildman–Crippen MR) is 64.8 cm³/mol. The third-order valence-electron chi connectivity index (χ3n) is 2.84. The van der Waals surface area contributed by atoms with Crippen molar-refractivity contribution in [1.82, 2.24) is 0 Å². The van der Waals surface area contributed by atoms with Crippen LogP contribution in [0.4, 0.5) is 5.69 Å². The molecule has 0 amide bonds. The van der Waals surface area contributed by atoms with Crippen LogP contribution in [0.5, 0.6) is 0 Å². The maximum absolute atomic E-state index is 2.52. The van der Waals surface area contributed by atoms with E-state index in [4.69, 9.17) is 0 Å². The standard InChI is InChI=1S/C11H12NS2/c1-13-11-12-9(7-14-11)6-8-4-2-3-5-10(8)12/h2-5,9H,6-7H2,1H3/q+1. The molecule has 0 fully saturated rings. The molecule has 1 aromatic carbocycles. The zero-order valence-electron chi connectivity index (χ0n) is 8.06. The molecular weight excluding hydrogens is 210 g/mol. The summed E-state index contributed by atoms with van der Waals surface area (Å²) in [6.07, 6.45) is 3.40. The molecule has 0 radical (unpaired) electrons. The number of hydrogen-bond donors (Lipinski definition) is 0. The summed E-state index contributed by atoms with van der Waals surface area (Å²) in [7, 11) is 0. The lowest BCUT2D eigenvalue weighted by atomic mass is 10.1. The Hall–Kier alpha value is -0.410. The fourth-order valence-corrected chi connectivity index (χ4v) is 4.34. The second-order valence-corrected chi connectivity index (χ2v) is 5.70. The Morgan fingerprint density at radius 1 is 1.43 bits per heavy atom. The largest absolute Gasteiger partial charge is 0.276 e. The van der Waals surface area contributed by atoms with Crippen molar-refractivity contribution in [2.75, 3.05) is 12.0 Å². The Kier molecular flexibility index (Phi) is 2.10. The van der Waals surface area contributed by atoms with Gasteiger partial charge in [-0.25, -0.2) is 0 Å². The number of rotatable bonds is 0. The molecule has 0 saturated carbocycles. The number of benzene rings is 1. The highest BCUT2D eigenvalue weighted by atomic mass is 32.2. The van der Waals surface area contributed by atoms with Gasteiger partial charge in [-0.3, -0.25) is 0 Å². The van der Waals surface area contributed by atoms with Gasteiger partial charge in [-0.2, -0.15) is 4.58 Å². The number of nitrogens with zero attached hydrogens (tertiary/aromatic N) is 1. The van der Waals surface area contributed by atoms with Crippen LogP contribution in [0.25, 0.3) is 0 Å². The van der Waals surface area contributed by atoms with Crippen LogP contribution in [-0.4, -0.2) is 27.0 Å². The third kappa shape index (κ3) is 1.15. The van der Waals surface area contributed by atoms with E-state index in [1.807, 2.05) is 23.5 Å². The lowest BCUT2D eigenvalue weighted by Gasteiger charge is -1.97. The molecule has 72 valence electrons. The normalized spacial score (nSPS) is 23.9. The maximum Gasteiger partial charge on any atom is 0.276 e. The SMILES string of the molecule is CSC1=[N+]2c3ccccc3CC2CS1. The highest BCUT2D eigenvalue weighted by Gasteiger charge is 2.41. The Bertz CT molecular complexity index is 412. The van der Waals surface area contributed by atoms with E-state index in [9.17, 15) is 0 Å². The van der Waals surface area contributed by atoms with Crippen LogP contribution >= 0.6 is 23.5 Å². The van der Waals surface area contributed by atoms with Crippen LogP contribution < -0.4 is 0 Å². The van der Waals surface area contributed by atoms with Crippen molar-refractivity contribution < 1.29 is 4.58 Å². The summed E-state index contributed by atoms with van der Waals surface area (Å²) in [4.78, 5) is 0. The van der Waals surface area contributed by atoms with Crippen molar-refractivity contribution in [2.45, 2.75) is 12.5 Å². The Balaban J connectivity index is 2.18. The van der Waals surface area contributed by atoms with Gasteiger partial charge in [-0.1, -0.05) is 30.0 Å². The van der Waals surface area contributed by atoms with E-state index >= 15 is 0 Å².